The summed E-state index contributed by atoms with van der Waals surface area (Å²) in [6, 6.07) is 71.4. The molecule has 5 nitrogen and oxygen atoms in total. The molecule has 284 valence electrons. The molecule has 4 aromatic heterocycles. The van der Waals surface area contributed by atoms with Crippen molar-refractivity contribution >= 4 is 85.9 Å². The van der Waals surface area contributed by atoms with Crippen LogP contribution in [0.15, 0.2) is 200 Å². The molecule has 9 aromatic carbocycles. The third-order valence-corrected chi connectivity index (χ3v) is 13.3. The highest BCUT2D eigenvalue weighted by molar-refractivity contribution is 7.26. The molecule has 0 fully saturated rings. The quantitative estimate of drug-likeness (QED) is 0.174. The molecule has 13 aromatic rings. The first-order valence-corrected chi connectivity index (χ1v) is 21.3. The Morgan fingerprint density at radius 2 is 0.869 bits per heavy atom. The number of para-hydroxylation sites is 3. The highest BCUT2D eigenvalue weighted by Gasteiger charge is 2.22. The molecule has 0 amide bonds. The number of nitrogens with zero attached hydrogens (tertiary/aromatic N) is 5. The van der Waals surface area contributed by atoms with E-state index < -0.39 is 0 Å². The Morgan fingerprint density at radius 1 is 0.344 bits per heavy atom. The summed E-state index contributed by atoms with van der Waals surface area (Å²) >= 11 is 1.81. The largest absolute Gasteiger partial charge is 0.309 e. The molecule has 0 aliphatic rings. The van der Waals surface area contributed by atoms with E-state index in [0.29, 0.717) is 17.5 Å². The van der Waals surface area contributed by atoms with Crippen LogP contribution in [0.2, 0.25) is 0 Å². The number of aromatic nitrogens is 5. The van der Waals surface area contributed by atoms with E-state index in [-0.39, 0.29) is 0 Å². The van der Waals surface area contributed by atoms with Crippen LogP contribution in [-0.4, -0.2) is 24.1 Å². The van der Waals surface area contributed by atoms with E-state index in [2.05, 4.69) is 173 Å². The monoisotopic (exact) mass is 795 g/mol. The first kappa shape index (κ1) is 34.0. The average Bonchev–Trinajstić information content (AvgIpc) is 3.98. The van der Waals surface area contributed by atoms with E-state index in [1.807, 2.05) is 47.7 Å². The molecule has 13 rings (SSSR count). The van der Waals surface area contributed by atoms with Gasteiger partial charge in [0.2, 0.25) is 0 Å². The van der Waals surface area contributed by atoms with Crippen LogP contribution in [0.25, 0.3) is 120 Å². The number of benzene rings is 9. The summed E-state index contributed by atoms with van der Waals surface area (Å²) in [6.45, 7) is 0. The number of fused-ring (bicyclic) bond motifs is 11. The highest BCUT2D eigenvalue weighted by atomic mass is 32.1. The Balaban J connectivity index is 1.07. The lowest BCUT2D eigenvalue weighted by Gasteiger charge is -2.11. The van der Waals surface area contributed by atoms with Crippen LogP contribution < -0.4 is 0 Å². The summed E-state index contributed by atoms with van der Waals surface area (Å²) < 4.78 is 7.22. The summed E-state index contributed by atoms with van der Waals surface area (Å²) in [4.78, 5) is 15.4. The first-order chi connectivity index (χ1) is 30.2. The van der Waals surface area contributed by atoms with Crippen LogP contribution in [0.3, 0.4) is 0 Å². The van der Waals surface area contributed by atoms with Gasteiger partial charge in [0.25, 0.3) is 0 Å². The van der Waals surface area contributed by atoms with Crippen molar-refractivity contribution in [2.45, 2.75) is 0 Å². The van der Waals surface area contributed by atoms with Crippen molar-refractivity contribution in [1.82, 2.24) is 24.1 Å². The zero-order valence-corrected chi connectivity index (χ0v) is 33.5. The standard InChI is InChI=1S/C55H33N5S/c1-4-16-34(17-5-1)53-56-54(35-18-6-2-7-19-35)58-55(57-53)45-30-36-20-10-11-23-39(36)51-42-29-28-38(31-50(42)61-52(45)51)60-47-27-15-13-25-41(47)44-32-43-40-24-12-14-26-46(40)59(48(43)33-49(44)60)37-21-8-3-9-22-37/h1-33H. The van der Waals surface area contributed by atoms with Crippen LogP contribution >= 0.6 is 11.3 Å². The maximum Gasteiger partial charge on any atom is 0.165 e. The fraction of sp³-hybridized carbons (Fsp3) is 0. The van der Waals surface area contributed by atoms with Crippen LogP contribution in [0, 0.1) is 0 Å². The zero-order valence-electron chi connectivity index (χ0n) is 32.7. The Labute approximate surface area is 354 Å². The molecule has 0 atom stereocenters. The van der Waals surface area contributed by atoms with Crippen molar-refractivity contribution in [3.8, 4) is 45.5 Å². The molecule has 61 heavy (non-hydrogen) atoms. The van der Waals surface area contributed by atoms with E-state index in [9.17, 15) is 0 Å². The number of thiophene rings is 1. The summed E-state index contributed by atoms with van der Waals surface area (Å²) in [7, 11) is 0. The average molecular weight is 796 g/mol. The minimum atomic E-state index is 0.654. The van der Waals surface area contributed by atoms with E-state index >= 15 is 0 Å². The molecule has 0 spiro atoms. The van der Waals surface area contributed by atoms with Crippen molar-refractivity contribution in [3.05, 3.63) is 200 Å². The lowest BCUT2D eigenvalue weighted by molar-refractivity contribution is 1.08. The smallest absolute Gasteiger partial charge is 0.165 e. The van der Waals surface area contributed by atoms with Crippen molar-refractivity contribution < 1.29 is 0 Å². The van der Waals surface area contributed by atoms with Crippen LogP contribution in [0.4, 0.5) is 0 Å². The van der Waals surface area contributed by atoms with Gasteiger partial charge in [0.05, 0.1) is 22.1 Å². The maximum absolute atomic E-state index is 5.20. The van der Waals surface area contributed by atoms with E-state index in [0.717, 1.165) is 38.2 Å². The molecule has 0 bridgehead atoms. The Morgan fingerprint density at radius 3 is 1.51 bits per heavy atom. The van der Waals surface area contributed by atoms with Crippen molar-refractivity contribution in [1.29, 1.82) is 0 Å². The SMILES string of the molecule is c1ccc(-c2nc(-c3ccccc3)nc(-c3cc4ccccc4c4c3sc3cc(-n5c6ccccc6c6cc7c8ccccc8n(-c8ccccc8)c7cc65)ccc34)n2)cc1. The minimum absolute atomic E-state index is 0.654. The normalized spacial score (nSPS) is 11.9. The third kappa shape index (κ3) is 5.22. The second-order valence-corrected chi connectivity index (χ2v) is 16.6. The van der Waals surface area contributed by atoms with Gasteiger partial charge >= 0.3 is 0 Å². The molecule has 0 unspecified atom stereocenters. The predicted molar refractivity (Wildman–Crippen MR) is 255 cm³/mol. The molecular formula is C55H33N5S. The van der Waals surface area contributed by atoms with Crippen LogP contribution in [-0.2, 0) is 0 Å². The second-order valence-electron chi connectivity index (χ2n) is 15.6. The first-order valence-electron chi connectivity index (χ1n) is 20.5. The van der Waals surface area contributed by atoms with Gasteiger partial charge in [-0.05, 0) is 65.4 Å². The Kier molecular flexibility index (Phi) is 7.41. The molecule has 4 heterocycles. The van der Waals surface area contributed by atoms with E-state index in [1.165, 1.54) is 64.5 Å². The van der Waals surface area contributed by atoms with Gasteiger partial charge in [-0.1, -0.05) is 146 Å². The van der Waals surface area contributed by atoms with Gasteiger partial charge < -0.3 is 9.13 Å². The molecule has 0 radical (unpaired) electrons. The molecular weight excluding hydrogens is 763 g/mol. The van der Waals surface area contributed by atoms with Crippen molar-refractivity contribution in [2.24, 2.45) is 0 Å². The second kappa shape index (κ2) is 13.3. The Hall–Kier alpha value is -7.93. The van der Waals surface area contributed by atoms with Crippen LogP contribution in [0.1, 0.15) is 0 Å². The van der Waals surface area contributed by atoms with Gasteiger partial charge in [-0.2, -0.15) is 0 Å². The Bertz CT molecular complexity index is 3810. The fourth-order valence-electron chi connectivity index (χ4n) is 9.41. The van der Waals surface area contributed by atoms with Gasteiger partial charge in [-0.25, -0.2) is 15.0 Å². The third-order valence-electron chi connectivity index (χ3n) is 12.1. The van der Waals surface area contributed by atoms with Gasteiger partial charge in [-0.15, -0.1) is 11.3 Å². The number of hydrogen-bond donors (Lipinski definition) is 0. The van der Waals surface area contributed by atoms with Gasteiger partial charge in [0.15, 0.2) is 17.5 Å². The van der Waals surface area contributed by atoms with Crippen molar-refractivity contribution in [3.63, 3.8) is 0 Å². The molecule has 0 aliphatic carbocycles. The van der Waals surface area contributed by atoms with Gasteiger partial charge in [0, 0.05) is 69.8 Å². The lowest BCUT2D eigenvalue weighted by Crippen LogP contribution is -2.00. The minimum Gasteiger partial charge on any atom is -0.309 e. The van der Waals surface area contributed by atoms with Gasteiger partial charge in [0.1, 0.15) is 0 Å². The summed E-state index contributed by atoms with van der Waals surface area (Å²) in [5, 5.41) is 9.78. The number of rotatable bonds is 5. The summed E-state index contributed by atoms with van der Waals surface area (Å²) in [5.74, 6) is 1.97. The zero-order chi connectivity index (χ0) is 40.0. The highest BCUT2D eigenvalue weighted by Crippen LogP contribution is 2.46. The molecule has 0 aliphatic heterocycles. The van der Waals surface area contributed by atoms with Crippen molar-refractivity contribution in [2.75, 3.05) is 0 Å². The maximum atomic E-state index is 5.20. The molecule has 0 saturated carbocycles. The van der Waals surface area contributed by atoms with Crippen LogP contribution in [0.5, 0.6) is 0 Å². The molecule has 0 saturated heterocycles. The molecule has 6 heteroatoms. The summed E-state index contributed by atoms with van der Waals surface area (Å²) in [5.41, 5.74) is 9.92. The lowest BCUT2D eigenvalue weighted by atomic mass is 10.00. The number of hydrogen-bond acceptors (Lipinski definition) is 4. The van der Waals surface area contributed by atoms with E-state index in [1.54, 1.807) is 0 Å². The topological polar surface area (TPSA) is 48.5 Å². The molecule has 0 N–H and O–H groups in total. The predicted octanol–water partition coefficient (Wildman–Crippen LogP) is 14.6. The summed E-state index contributed by atoms with van der Waals surface area (Å²) in [6.07, 6.45) is 0. The van der Waals surface area contributed by atoms with Gasteiger partial charge in [-0.3, -0.25) is 0 Å². The fourth-order valence-corrected chi connectivity index (χ4v) is 10.7. The van der Waals surface area contributed by atoms with E-state index in [4.69, 9.17) is 15.0 Å².